The van der Waals surface area contributed by atoms with Crippen molar-refractivity contribution in [2.24, 2.45) is 0 Å². The number of rotatable bonds is 6. The van der Waals surface area contributed by atoms with Crippen LogP contribution in [0.15, 0.2) is 38.2 Å². The van der Waals surface area contributed by atoms with E-state index in [1.165, 1.54) is 0 Å². The second kappa shape index (κ2) is 7.87. The second-order valence-corrected chi connectivity index (χ2v) is 10.5. The molecule has 31 heavy (non-hydrogen) atoms. The first kappa shape index (κ1) is 20.4. The maximum Gasteiger partial charge on any atom is 0.243 e. The second-order valence-electron chi connectivity index (χ2n) is 8.59. The molecule has 8 nitrogen and oxygen atoms in total. The maximum atomic E-state index is 13.0. The van der Waals surface area contributed by atoms with Crippen molar-refractivity contribution < 1.29 is 17.4 Å². The molecule has 1 aromatic carbocycles. The molecule has 1 aliphatic heterocycles. The van der Waals surface area contributed by atoms with Gasteiger partial charge in [0, 0.05) is 24.9 Å². The van der Waals surface area contributed by atoms with E-state index >= 15 is 0 Å². The molecule has 0 radical (unpaired) electrons. The monoisotopic (exact) mass is 442 g/mol. The molecule has 0 atom stereocenters. The van der Waals surface area contributed by atoms with Gasteiger partial charge in [0.1, 0.15) is 5.76 Å². The smallest absolute Gasteiger partial charge is 0.243 e. The van der Waals surface area contributed by atoms with Crippen LogP contribution in [0.5, 0.6) is 0 Å². The van der Waals surface area contributed by atoms with Gasteiger partial charge in [0.25, 0.3) is 0 Å². The van der Waals surface area contributed by atoms with Gasteiger partial charge in [0.05, 0.1) is 17.5 Å². The van der Waals surface area contributed by atoms with Crippen LogP contribution in [0, 0.1) is 13.8 Å². The highest BCUT2D eigenvalue weighted by Gasteiger charge is 2.32. The van der Waals surface area contributed by atoms with E-state index in [9.17, 15) is 8.42 Å². The Labute approximate surface area is 181 Å². The van der Waals surface area contributed by atoms with Crippen molar-refractivity contribution >= 4 is 10.0 Å². The third-order valence-corrected chi connectivity index (χ3v) is 8.13. The molecule has 0 amide bonds. The van der Waals surface area contributed by atoms with Gasteiger partial charge in [0.2, 0.25) is 15.9 Å². The number of oxazole rings is 1. The molecule has 3 aromatic rings. The van der Waals surface area contributed by atoms with Crippen molar-refractivity contribution in [3.8, 4) is 0 Å². The molecule has 2 aliphatic rings. The molecule has 0 bridgehead atoms. The molecule has 1 saturated carbocycles. The lowest BCUT2D eigenvalue weighted by molar-refractivity contribution is 0.270. The number of aryl methyl sites for hydroxylation is 2. The molecule has 0 unspecified atom stereocenters. The van der Waals surface area contributed by atoms with Gasteiger partial charge in [-0.05, 0) is 62.8 Å². The summed E-state index contributed by atoms with van der Waals surface area (Å²) in [4.78, 5) is 9.21. The highest BCUT2D eigenvalue weighted by Crippen LogP contribution is 2.39. The Morgan fingerprint density at radius 3 is 2.48 bits per heavy atom. The molecule has 0 spiro atoms. The maximum absolute atomic E-state index is 13.0. The molecule has 2 aromatic heterocycles. The minimum atomic E-state index is -3.49. The standard InChI is InChI=1S/C22H26N4O4S/c1-14-3-6-19(11-15(14)2)31(27,28)26-9-7-17(8-10-26)22-24-20(25-30-22)12-18-13-23-21(29-18)16-4-5-16/h3,6,11,13,16-17H,4-5,7-10,12H2,1-2H3. The highest BCUT2D eigenvalue weighted by atomic mass is 32.2. The normalized spacial score (nSPS) is 18.5. The molecule has 0 N–H and O–H groups in total. The van der Waals surface area contributed by atoms with Gasteiger partial charge in [-0.3, -0.25) is 0 Å². The van der Waals surface area contributed by atoms with E-state index in [-0.39, 0.29) is 5.92 Å². The Morgan fingerprint density at radius 2 is 1.77 bits per heavy atom. The Kier molecular flexibility index (Phi) is 5.18. The number of sulfonamides is 1. The lowest BCUT2D eigenvalue weighted by Crippen LogP contribution is -2.38. The van der Waals surface area contributed by atoms with Gasteiger partial charge in [0.15, 0.2) is 11.7 Å². The summed E-state index contributed by atoms with van der Waals surface area (Å²) in [5.74, 6) is 3.21. The fourth-order valence-corrected chi connectivity index (χ4v) is 5.51. The summed E-state index contributed by atoms with van der Waals surface area (Å²) in [6.07, 6.45) is 5.78. The quantitative estimate of drug-likeness (QED) is 0.573. The molecule has 1 saturated heterocycles. The van der Waals surface area contributed by atoms with Gasteiger partial charge < -0.3 is 8.94 Å². The molecule has 9 heteroatoms. The number of piperidine rings is 1. The van der Waals surface area contributed by atoms with Gasteiger partial charge in [-0.1, -0.05) is 11.2 Å². The lowest BCUT2D eigenvalue weighted by Gasteiger charge is -2.29. The van der Waals surface area contributed by atoms with E-state index in [0.717, 1.165) is 35.6 Å². The van der Waals surface area contributed by atoms with Gasteiger partial charge in [-0.2, -0.15) is 9.29 Å². The van der Waals surface area contributed by atoms with Crippen LogP contribution in [-0.2, 0) is 16.4 Å². The summed E-state index contributed by atoms with van der Waals surface area (Å²) in [7, 11) is -3.49. The van der Waals surface area contributed by atoms with E-state index in [4.69, 9.17) is 8.94 Å². The Balaban J connectivity index is 1.21. The van der Waals surface area contributed by atoms with Crippen molar-refractivity contribution in [2.45, 2.75) is 62.7 Å². The number of nitrogens with zero attached hydrogens (tertiary/aromatic N) is 4. The Hall–Kier alpha value is -2.52. The summed E-state index contributed by atoms with van der Waals surface area (Å²) in [5, 5.41) is 4.08. The average Bonchev–Trinajstić information content (AvgIpc) is 3.33. The zero-order chi connectivity index (χ0) is 21.6. The van der Waals surface area contributed by atoms with Gasteiger partial charge in [-0.15, -0.1) is 0 Å². The van der Waals surface area contributed by atoms with E-state index in [2.05, 4.69) is 15.1 Å². The van der Waals surface area contributed by atoms with Crippen LogP contribution in [0.2, 0.25) is 0 Å². The topological polar surface area (TPSA) is 102 Å². The van der Waals surface area contributed by atoms with E-state index in [1.807, 2.05) is 19.9 Å². The summed E-state index contributed by atoms with van der Waals surface area (Å²) in [6.45, 7) is 4.78. The predicted molar refractivity (Wildman–Crippen MR) is 112 cm³/mol. The first-order chi connectivity index (χ1) is 14.9. The first-order valence-electron chi connectivity index (χ1n) is 10.7. The van der Waals surface area contributed by atoms with E-state index in [1.54, 1.807) is 22.6 Å². The van der Waals surface area contributed by atoms with Crippen molar-refractivity contribution in [3.05, 3.63) is 58.9 Å². The van der Waals surface area contributed by atoms with Crippen LogP contribution in [-0.4, -0.2) is 40.9 Å². The molecule has 3 heterocycles. The Bertz CT molecular complexity index is 1190. The fourth-order valence-electron chi connectivity index (χ4n) is 3.95. The summed E-state index contributed by atoms with van der Waals surface area (Å²) in [5.41, 5.74) is 2.06. The van der Waals surface area contributed by atoms with Crippen LogP contribution in [0.4, 0.5) is 0 Å². The van der Waals surface area contributed by atoms with Crippen molar-refractivity contribution in [3.63, 3.8) is 0 Å². The third kappa shape index (κ3) is 4.16. The zero-order valence-corrected chi connectivity index (χ0v) is 18.6. The largest absolute Gasteiger partial charge is 0.445 e. The van der Waals surface area contributed by atoms with Crippen molar-refractivity contribution in [1.29, 1.82) is 0 Å². The van der Waals surface area contributed by atoms with Gasteiger partial charge in [-0.25, -0.2) is 13.4 Å². The number of benzene rings is 1. The van der Waals surface area contributed by atoms with Crippen molar-refractivity contribution in [1.82, 2.24) is 19.4 Å². The van der Waals surface area contributed by atoms with Crippen LogP contribution in [0.3, 0.4) is 0 Å². The summed E-state index contributed by atoms with van der Waals surface area (Å²) in [6, 6.07) is 5.29. The molecule has 1 aliphatic carbocycles. The molecule has 2 fully saturated rings. The van der Waals surface area contributed by atoms with Crippen LogP contribution >= 0.6 is 0 Å². The minimum Gasteiger partial charge on any atom is -0.445 e. The summed E-state index contributed by atoms with van der Waals surface area (Å²) < 4.78 is 38.8. The predicted octanol–water partition coefficient (Wildman–Crippen LogP) is 3.71. The number of hydrogen-bond acceptors (Lipinski definition) is 7. The molecule has 5 rings (SSSR count). The van der Waals surface area contributed by atoms with E-state index < -0.39 is 10.0 Å². The highest BCUT2D eigenvalue weighted by molar-refractivity contribution is 7.89. The molecular formula is C22H26N4O4S. The minimum absolute atomic E-state index is 0.0594. The molecule has 164 valence electrons. The third-order valence-electron chi connectivity index (χ3n) is 6.23. The molecular weight excluding hydrogens is 416 g/mol. The van der Waals surface area contributed by atoms with E-state index in [0.29, 0.717) is 54.9 Å². The summed E-state index contributed by atoms with van der Waals surface area (Å²) >= 11 is 0. The van der Waals surface area contributed by atoms with Crippen LogP contribution < -0.4 is 0 Å². The fraction of sp³-hybridized carbons (Fsp3) is 0.500. The first-order valence-corrected chi connectivity index (χ1v) is 12.2. The van der Waals surface area contributed by atoms with Gasteiger partial charge >= 0.3 is 0 Å². The average molecular weight is 443 g/mol. The number of aromatic nitrogens is 3. The SMILES string of the molecule is Cc1ccc(S(=O)(=O)N2CCC(c3nc(Cc4cnc(C5CC5)o4)no3)CC2)cc1C. The van der Waals surface area contributed by atoms with Crippen LogP contribution in [0.1, 0.15) is 72.0 Å². The zero-order valence-electron chi connectivity index (χ0n) is 17.7. The van der Waals surface area contributed by atoms with Crippen LogP contribution in [0.25, 0.3) is 0 Å². The lowest BCUT2D eigenvalue weighted by atomic mass is 9.98. The van der Waals surface area contributed by atoms with Crippen molar-refractivity contribution in [2.75, 3.05) is 13.1 Å². The number of hydrogen-bond donors (Lipinski definition) is 0. The Morgan fingerprint density at radius 1 is 1.03 bits per heavy atom.